The van der Waals surface area contributed by atoms with Crippen molar-refractivity contribution in [2.24, 2.45) is 0 Å². The van der Waals surface area contributed by atoms with Gasteiger partial charge in [-0.2, -0.15) is 0 Å². The number of thiocarbonyl (C=S) groups is 1. The minimum absolute atomic E-state index is 0.0315. The number of hydrogen-bond acceptors (Lipinski definition) is 4. The SMILES string of the molecule is O=[N+]([O-])c1ccc(NC(=S)Nc2ccc(Br)cn2)cc1. The quantitative estimate of drug-likeness (QED) is 0.499. The zero-order chi connectivity index (χ0) is 14.5. The van der Waals surface area contributed by atoms with Gasteiger partial charge in [-0.1, -0.05) is 0 Å². The second-order valence-electron chi connectivity index (χ2n) is 3.74. The highest BCUT2D eigenvalue weighted by Crippen LogP contribution is 2.16. The Balaban J connectivity index is 1.97. The van der Waals surface area contributed by atoms with Crippen LogP contribution in [0.3, 0.4) is 0 Å². The maximum atomic E-state index is 10.5. The van der Waals surface area contributed by atoms with Crippen LogP contribution in [0.4, 0.5) is 17.2 Å². The summed E-state index contributed by atoms with van der Waals surface area (Å²) < 4.78 is 0.872. The number of halogens is 1. The van der Waals surface area contributed by atoms with Gasteiger partial charge < -0.3 is 10.6 Å². The molecule has 2 aromatic rings. The van der Waals surface area contributed by atoms with Crippen LogP contribution in [0.2, 0.25) is 0 Å². The molecule has 0 spiro atoms. The number of anilines is 2. The third-order valence-corrected chi connectivity index (χ3v) is 2.98. The summed E-state index contributed by atoms with van der Waals surface area (Å²) in [5.41, 5.74) is 0.689. The number of nitro groups is 1. The normalized spacial score (nSPS) is 9.85. The summed E-state index contributed by atoms with van der Waals surface area (Å²) in [7, 11) is 0. The van der Waals surface area contributed by atoms with Gasteiger partial charge in [0.05, 0.1) is 4.92 Å². The third kappa shape index (κ3) is 3.97. The maximum absolute atomic E-state index is 10.5. The molecule has 20 heavy (non-hydrogen) atoms. The molecule has 0 unspecified atom stereocenters. The molecule has 0 amide bonds. The summed E-state index contributed by atoms with van der Waals surface area (Å²) in [5.74, 6) is 0.604. The van der Waals surface area contributed by atoms with Gasteiger partial charge in [0.1, 0.15) is 5.82 Å². The summed E-state index contributed by atoms with van der Waals surface area (Å²) in [6.07, 6.45) is 1.65. The molecule has 0 atom stereocenters. The molecule has 0 aliphatic carbocycles. The number of pyridine rings is 1. The van der Waals surface area contributed by atoms with Crippen LogP contribution in [-0.4, -0.2) is 15.0 Å². The van der Waals surface area contributed by atoms with Crippen molar-refractivity contribution in [3.8, 4) is 0 Å². The standard InChI is InChI=1S/C12H9BrN4O2S/c13-8-1-6-11(14-7-8)16-12(20)15-9-2-4-10(5-3-9)17(18)19/h1-7H,(H2,14,15,16,20). The van der Waals surface area contributed by atoms with E-state index in [1.54, 1.807) is 24.4 Å². The Labute approximate surface area is 128 Å². The minimum Gasteiger partial charge on any atom is -0.332 e. The highest BCUT2D eigenvalue weighted by atomic mass is 79.9. The van der Waals surface area contributed by atoms with Crippen molar-refractivity contribution in [3.05, 3.63) is 57.2 Å². The summed E-state index contributed by atoms with van der Waals surface area (Å²) in [4.78, 5) is 14.2. The first-order chi connectivity index (χ1) is 9.54. The fraction of sp³-hybridized carbons (Fsp3) is 0. The molecular formula is C12H9BrN4O2S. The Morgan fingerprint density at radius 1 is 1.20 bits per heavy atom. The molecule has 0 aliphatic rings. The van der Waals surface area contributed by atoms with Crippen LogP contribution in [0.5, 0.6) is 0 Å². The topological polar surface area (TPSA) is 80.1 Å². The van der Waals surface area contributed by atoms with E-state index in [4.69, 9.17) is 12.2 Å². The fourth-order valence-electron chi connectivity index (χ4n) is 1.39. The van der Waals surface area contributed by atoms with Gasteiger partial charge in [-0.25, -0.2) is 4.98 Å². The fourth-order valence-corrected chi connectivity index (χ4v) is 1.85. The highest BCUT2D eigenvalue weighted by Gasteiger charge is 2.05. The summed E-state index contributed by atoms with van der Waals surface area (Å²) in [6, 6.07) is 9.59. The molecule has 6 nitrogen and oxygen atoms in total. The molecule has 0 aliphatic heterocycles. The number of aromatic nitrogens is 1. The van der Waals surface area contributed by atoms with Crippen molar-refractivity contribution in [2.75, 3.05) is 10.6 Å². The Bertz CT molecular complexity index is 631. The Morgan fingerprint density at radius 2 is 1.90 bits per heavy atom. The number of nitro benzene ring substituents is 1. The lowest BCUT2D eigenvalue weighted by Gasteiger charge is -2.09. The first-order valence-electron chi connectivity index (χ1n) is 5.48. The zero-order valence-corrected chi connectivity index (χ0v) is 12.4. The molecule has 2 N–H and O–H groups in total. The van der Waals surface area contributed by atoms with Crippen molar-refractivity contribution in [3.63, 3.8) is 0 Å². The molecule has 102 valence electrons. The molecule has 1 aromatic carbocycles. The van der Waals surface area contributed by atoms with Crippen LogP contribution in [0.15, 0.2) is 47.1 Å². The van der Waals surface area contributed by atoms with E-state index in [-0.39, 0.29) is 5.69 Å². The second-order valence-corrected chi connectivity index (χ2v) is 5.07. The maximum Gasteiger partial charge on any atom is 0.269 e. The van der Waals surface area contributed by atoms with Gasteiger partial charge in [-0.05, 0) is 52.4 Å². The first-order valence-corrected chi connectivity index (χ1v) is 6.69. The van der Waals surface area contributed by atoms with Crippen molar-refractivity contribution in [2.45, 2.75) is 0 Å². The average Bonchev–Trinajstić information content (AvgIpc) is 2.42. The predicted octanol–water partition coefficient (Wildman–Crippen LogP) is 3.56. The van der Waals surface area contributed by atoms with Crippen LogP contribution >= 0.6 is 28.1 Å². The van der Waals surface area contributed by atoms with Crippen LogP contribution in [0, 0.1) is 10.1 Å². The minimum atomic E-state index is -0.452. The van der Waals surface area contributed by atoms with E-state index in [0.717, 1.165) is 4.47 Å². The summed E-state index contributed by atoms with van der Waals surface area (Å²) in [5, 5.41) is 16.7. The van der Waals surface area contributed by atoms with Gasteiger partial charge in [-0.3, -0.25) is 10.1 Å². The molecular weight excluding hydrogens is 344 g/mol. The van der Waals surface area contributed by atoms with E-state index in [1.165, 1.54) is 12.1 Å². The highest BCUT2D eigenvalue weighted by molar-refractivity contribution is 9.10. The molecule has 1 heterocycles. The predicted molar refractivity (Wildman–Crippen MR) is 84.9 cm³/mol. The number of rotatable bonds is 3. The number of non-ortho nitro benzene ring substituents is 1. The summed E-state index contributed by atoms with van der Waals surface area (Å²) in [6.45, 7) is 0. The lowest BCUT2D eigenvalue weighted by molar-refractivity contribution is -0.384. The lowest BCUT2D eigenvalue weighted by atomic mass is 10.3. The molecule has 1 aromatic heterocycles. The molecule has 0 radical (unpaired) electrons. The first kappa shape index (κ1) is 14.4. The average molecular weight is 353 g/mol. The van der Waals surface area contributed by atoms with E-state index in [2.05, 4.69) is 31.5 Å². The number of benzene rings is 1. The van der Waals surface area contributed by atoms with Crippen molar-refractivity contribution in [1.29, 1.82) is 0 Å². The van der Waals surface area contributed by atoms with Gasteiger partial charge in [0.15, 0.2) is 5.11 Å². The van der Waals surface area contributed by atoms with Crippen molar-refractivity contribution >= 4 is 50.5 Å². The van der Waals surface area contributed by atoms with Crippen LogP contribution in [0.25, 0.3) is 0 Å². The van der Waals surface area contributed by atoms with E-state index < -0.39 is 4.92 Å². The second kappa shape index (κ2) is 6.40. The Kier molecular flexibility index (Phi) is 4.59. The molecule has 0 saturated heterocycles. The third-order valence-electron chi connectivity index (χ3n) is 2.30. The van der Waals surface area contributed by atoms with Crippen molar-refractivity contribution < 1.29 is 4.92 Å². The smallest absolute Gasteiger partial charge is 0.269 e. The Morgan fingerprint density at radius 3 is 2.45 bits per heavy atom. The van der Waals surface area contributed by atoms with E-state index >= 15 is 0 Å². The van der Waals surface area contributed by atoms with E-state index in [0.29, 0.717) is 16.6 Å². The zero-order valence-electron chi connectivity index (χ0n) is 10.0. The van der Waals surface area contributed by atoms with Gasteiger partial charge in [0.2, 0.25) is 0 Å². The molecule has 8 heteroatoms. The molecule has 0 bridgehead atoms. The molecule has 0 saturated carbocycles. The Hall–Kier alpha value is -2.06. The van der Waals surface area contributed by atoms with Gasteiger partial charge >= 0.3 is 0 Å². The number of nitrogens with zero attached hydrogens (tertiary/aromatic N) is 2. The van der Waals surface area contributed by atoms with Crippen LogP contribution in [0.1, 0.15) is 0 Å². The number of hydrogen-bond donors (Lipinski definition) is 2. The molecule has 2 rings (SSSR count). The van der Waals surface area contributed by atoms with E-state index in [1.807, 2.05) is 6.07 Å². The molecule has 0 fully saturated rings. The van der Waals surface area contributed by atoms with Crippen LogP contribution < -0.4 is 10.6 Å². The lowest BCUT2D eigenvalue weighted by Crippen LogP contribution is -2.19. The van der Waals surface area contributed by atoms with Gasteiger partial charge in [0, 0.05) is 28.5 Å². The van der Waals surface area contributed by atoms with E-state index in [9.17, 15) is 10.1 Å². The van der Waals surface area contributed by atoms with Crippen LogP contribution in [-0.2, 0) is 0 Å². The van der Waals surface area contributed by atoms with Crippen molar-refractivity contribution in [1.82, 2.24) is 4.98 Å². The summed E-state index contributed by atoms with van der Waals surface area (Å²) >= 11 is 8.42. The largest absolute Gasteiger partial charge is 0.332 e. The van der Waals surface area contributed by atoms with Gasteiger partial charge in [-0.15, -0.1) is 0 Å². The van der Waals surface area contributed by atoms with Gasteiger partial charge in [0.25, 0.3) is 5.69 Å². The number of nitrogens with one attached hydrogen (secondary N) is 2. The monoisotopic (exact) mass is 352 g/mol.